The summed E-state index contributed by atoms with van der Waals surface area (Å²) in [6, 6.07) is 14.1. The zero-order chi connectivity index (χ0) is 13.1. The van der Waals surface area contributed by atoms with Crippen LogP contribution in [0.5, 0.6) is 0 Å². The van der Waals surface area contributed by atoms with Gasteiger partial charge in [-0.3, -0.25) is 0 Å². The topological polar surface area (TPSA) is 0 Å². The van der Waals surface area contributed by atoms with Crippen LogP contribution in [0.25, 0.3) is 0 Å². The van der Waals surface area contributed by atoms with E-state index < -0.39 is 0 Å². The van der Waals surface area contributed by atoms with Gasteiger partial charge in [0.25, 0.3) is 0 Å². The maximum absolute atomic E-state index is 2.39. The first-order chi connectivity index (χ1) is 8.52. The third-order valence-electron chi connectivity index (χ3n) is 2.62. The Bertz CT molecular complexity index is 467. The molecule has 0 saturated heterocycles. The van der Waals surface area contributed by atoms with Crippen LogP contribution in [0.1, 0.15) is 22.3 Å². The van der Waals surface area contributed by atoms with Gasteiger partial charge < -0.3 is 0 Å². The molecule has 0 spiro atoms. The maximum atomic E-state index is 2.39. The summed E-state index contributed by atoms with van der Waals surface area (Å²) in [5.41, 5.74) is 5.68. The Morgan fingerprint density at radius 1 is 0.500 bits per heavy atom. The number of rotatable bonds is 3. The second kappa shape index (κ2) is 6.45. The van der Waals surface area contributed by atoms with Crippen molar-refractivity contribution in [1.82, 2.24) is 0 Å². The van der Waals surface area contributed by atoms with Crippen molar-refractivity contribution in [2.75, 3.05) is 0 Å². The molecule has 0 saturated carbocycles. The molecular weight excluding hydrogens is 447 g/mol. The summed E-state index contributed by atoms with van der Waals surface area (Å²) in [5.74, 6) is 0. The molecule has 0 aliphatic carbocycles. The molecule has 0 unspecified atom stereocenters. The van der Waals surface area contributed by atoms with Gasteiger partial charge in [0, 0.05) is 0 Å². The standard InChI is InChI=1S/C16H18Te2/c1-11-5-12(2)8-15(7-11)17-18-16-9-13(3)6-14(4)10-16/h5-10H,1-4H3. The first kappa shape index (κ1) is 14.4. The van der Waals surface area contributed by atoms with Gasteiger partial charge >= 0.3 is 128 Å². The zero-order valence-corrected chi connectivity index (χ0v) is 15.9. The van der Waals surface area contributed by atoms with Crippen LogP contribution in [0.2, 0.25) is 0 Å². The minimum absolute atomic E-state index is 0.0297. The fourth-order valence-corrected chi connectivity index (χ4v) is 12.6. The zero-order valence-electron chi connectivity index (χ0n) is 11.3. The molecule has 0 atom stereocenters. The van der Waals surface area contributed by atoms with Gasteiger partial charge in [-0.1, -0.05) is 0 Å². The van der Waals surface area contributed by atoms with E-state index in [0.29, 0.717) is 0 Å². The Hall–Kier alpha value is 0.0192. The Labute approximate surface area is 127 Å². The van der Waals surface area contributed by atoms with Crippen molar-refractivity contribution in [2.24, 2.45) is 0 Å². The molecule has 0 nitrogen and oxygen atoms in total. The van der Waals surface area contributed by atoms with Crippen LogP contribution in [-0.4, -0.2) is 34.1 Å². The summed E-state index contributed by atoms with van der Waals surface area (Å²) >= 11 is 0.0594. The molecule has 0 amide bonds. The second-order valence-corrected chi connectivity index (χ2v) is 14.8. The van der Waals surface area contributed by atoms with E-state index in [0.717, 1.165) is 0 Å². The quantitative estimate of drug-likeness (QED) is 0.610. The molecule has 0 heterocycles. The van der Waals surface area contributed by atoms with E-state index in [-0.39, 0.29) is 34.1 Å². The monoisotopic (exact) mass is 470 g/mol. The SMILES string of the molecule is Cc1cc(C)cc([Te][Te]c2cc(C)cc(C)c2)c1. The molecule has 0 aliphatic heterocycles. The van der Waals surface area contributed by atoms with Crippen LogP contribution < -0.4 is 7.22 Å². The van der Waals surface area contributed by atoms with Gasteiger partial charge in [-0.2, -0.15) is 0 Å². The number of benzene rings is 2. The summed E-state index contributed by atoms with van der Waals surface area (Å²) in [4.78, 5) is 0. The third-order valence-corrected chi connectivity index (χ3v) is 14.3. The van der Waals surface area contributed by atoms with Crippen molar-refractivity contribution in [2.45, 2.75) is 27.7 Å². The molecule has 2 rings (SSSR count). The Morgan fingerprint density at radius 3 is 1.06 bits per heavy atom. The van der Waals surface area contributed by atoms with Gasteiger partial charge in [-0.15, -0.1) is 0 Å². The van der Waals surface area contributed by atoms with Crippen LogP contribution in [-0.2, 0) is 0 Å². The van der Waals surface area contributed by atoms with Gasteiger partial charge in [-0.25, -0.2) is 0 Å². The molecule has 0 radical (unpaired) electrons. The van der Waals surface area contributed by atoms with E-state index >= 15 is 0 Å². The Balaban J connectivity index is 2.11. The summed E-state index contributed by atoms with van der Waals surface area (Å²) in [6.45, 7) is 8.84. The van der Waals surface area contributed by atoms with Crippen LogP contribution in [0, 0.1) is 27.7 Å². The van der Waals surface area contributed by atoms with E-state index in [1.54, 1.807) is 7.22 Å². The summed E-state index contributed by atoms with van der Waals surface area (Å²) in [5, 5.41) is 0. The van der Waals surface area contributed by atoms with Crippen molar-refractivity contribution < 1.29 is 0 Å². The molecule has 0 fully saturated rings. The first-order valence-electron chi connectivity index (χ1n) is 6.04. The van der Waals surface area contributed by atoms with Crippen LogP contribution in [0.4, 0.5) is 0 Å². The second-order valence-electron chi connectivity index (χ2n) is 4.81. The average Bonchev–Trinajstić information content (AvgIpc) is 2.23. The average molecular weight is 466 g/mol. The number of hydrogen-bond acceptors (Lipinski definition) is 0. The number of hydrogen-bond donors (Lipinski definition) is 0. The first-order valence-corrected chi connectivity index (χ1v) is 15.7. The molecule has 2 heteroatoms. The van der Waals surface area contributed by atoms with E-state index in [4.69, 9.17) is 0 Å². The molecule has 2 aromatic rings. The third kappa shape index (κ3) is 4.29. The molecule has 2 aromatic carbocycles. The summed E-state index contributed by atoms with van der Waals surface area (Å²) < 4.78 is 3.28. The molecular formula is C16H18Te2. The van der Waals surface area contributed by atoms with Gasteiger partial charge in [0.2, 0.25) is 0 Å². The van der Waals surface area contributed by atoms with E-state index in [1.807, 2.05) is 0 Å². The van der Waals surface area contributed by atoms with Crippen molar-refractivity contribution in [3.05, 3.63) is 58.7 Å². The van der Waals surface area contributed by atoms with E-state index in [9.17, 15) is 0 Å². The van der Waals surface area contributed by atoms with Crippen LogP contribution in [0.3, 0.4) is 0 Å². The predicted octanol–water partition coefficient (Wildman–Crippen LogP) is 2.19. The normalized spacial score (nSPS) is 10.7. The molecule has 0 aromatic heterocycles. The molecule has 0 aliphatic rings. The Morgan fingerprint density at radius 2 is 0.778 bits per heavy atom. The number of aryl methyl sites for hydroxylation is 4. The fourth-order valence-electron chi connectivity index (χ4n) is 2.06. The van der Waals surface area contributed by atoms with Crippen LogP contribution in [0.15, 0.2) is 36.4 Å². The van der Waals surface area contributed by atoms with E-state index in [2.05, 4.69) is 64.1 Å². The van der Waals surface area contributed by atoms with Gasteiger partial charge in [0.1, 0.15) is 0 Å². The van der Waals surface area contributed by atoms with E-state index in [1.165, 1.54) is 22.3 Å². The van der Waals surface area contributed by atoms with Crippen molar-refractivity contribution in [3.63, 3.8) is 0 Å². The van der Waals surface area contributed by atoms with Crippen molar-refractivity contribution in [1.29, 1.82) is 0 Å². The predicted molar refractivity (Wildman–Crippen MR) is 82.6 cm³/mol. The fraction of sp³-hybridized carbons (Fsp3) is 0.250. The van der Waals surface area contributed by atoms with Gasteiger partial charge in [0.05, 0.1) is 0 Å². The van der Waals surface area contributed by atoms with Gasteiger partial charge in [0.15, 0.2) is 0 Å². The molecule has 0 N–H and O–H groups in total. The minimum atomic E-state index is 0.0297. The summed E-state index contributed by atoms with van der Waals surface area (Å²) in [6.07, 6.45) is 0. The molecule has 94 valence electrons. The van der Waals surface area contributed by atoms with Crippen molar-refractivity contribution >= 4 is 41.3 Å². The molecule has 0 bridgehead atoms. The summed E-state index contributed by atoms with van der Waals surface area (Å²) in [7, 11) is 0. The van der Waals surface area contributed by atoms with Gasteiger partial charge in [-0.05, 0) is 0 Å². The molecule has 18 heavy (non-hydrogen) atoms. The van der Waals surface area contributed by atoms with Crippen molar-refractivity contribution in [3.8, 4) is 0 Å². The van der Waals surface area contributed by atoms with Crippen LogP contribution >= 0.6 is 0 Å². The Kier molecular flexibility index (Phi) is 5.17.